The molecule has 4 heteroatoms. The summed E-state index contributed by atoms with van der Waals surface area (Å²) in [6.07, 6.45) is 0. The van der Waals surface area contributed by atoms with Crippen LogP contribution < -0.4 is 0 Å². The predicted molar refractivity (Wildman–Crippen MR) is 72.5 cm³/mol. The molecule has 0 unspecified atom stereocenters. The molecule has 2 rings (SSSR count). The first kappa shape index (κ1) is 11.8. The summed E-state index contributed by atoms with van der Waals surface area (Å²) < 4.78 is 0.942. The number of thiophene rings is 1. The van der Waals surface area contributed by atoms with Gasteiger partial charge in [0.1, 0.15) is 0 Å². The average molecular weight is 316 g/mol. The minimum absolute atomic E-state index is 0.0985. The number of hydrogen-bond donors (Lipinski definition) is 0. The van der Waals surface area contributed by atoms with Crippen molar-refractivity contribution in [3.05, 3.63) is 44.7 Å². The molecular weight excluding hydrogens is 308 g/mol. The maximum Gasteiger partial charge on any atom is 0.169 e. The molecule has 0 N–H and O–H groups in total. The summed E-state index contributed by atoms with van der Waals surface area (Å²) in [5.74, 6) is 0.0985. The van der Waals surface area contributed by atoms with Gasteiger partial charge in [-0.25, -0.2) is 0 Å². The highest BCUT2D eigenvalue weighted by molar-refractivity contribution is 9.10. The van der Waals surface area contributed by atoms with Crippen LogP contribution in [0.25, 0.3) is 10.4 Å². The number of benzene rings is 1. The van der Waals surface area contributed by atoms with Gasteiger partial charge in [-0.2, -0.15) is 0 Å². The van der Waals surface area contributed by atoms with Gasteiger partial charge in [0.05, 0.1) is 4.88 Å². The van der Waals surface area contributed by atoms with Crippen LogP contribution in [-0.2, 0) is 0 Å². The minimum Gasteiger partial charge on any atom is -0.294 e. The molecule has 1 heterocycles. The van der Waals surface area contributed by atoms with Gasteiger partial charge in [-0.15, -0.1) is 11.3 Å². The SMILES string of the molecule is CC(=O)c1ccc(-c2ccc(Cl)cc2Br)s1. The molecule has 82 valence electrons. The summed E-state index contributed by atoms with van der Waals surface area (Å²) in [5.41, 5.74) is 1.06. The van der Waals surface area contributed by atoms with Gasteiger partial charge in [0.15, 0.2) is 5.78 Å². The zero-order valence-corrected chi connectivity index (χ0v) is 11.6. The Hall–Kier alpha value is -0.640. The maximum atomic E-state index is 11.2. The van der Waals surface area contributed by atoms with Crippen molar-refractivity contribution in [1.29, 1.82) is 0 Å². The van der Waals surface area contributed by atoms with Gasteiger partial charge in [0, 0.05) is 19.9 Å². The molecule has 0 atom stereocenters. The molecule has 0 spiro atoms. The smallest absolute Gasteiger partial charge is 0.169 e. The molecule has 0 aliphatic rings. The Morgan fingerprint density at radius 1 is 1.31 bits per heavy atom. The molecule has 0 fully saturated rings. The Morgan fingerprint density at radius 2 is 2.06 bits per heavy atom. The summed E-state index contributed by atoms with van der Waals surface area (Å²) in [4.78, 5) is 13.0. The molecule has 0 radical (unpaired) electrons. The van der Waals surface area contributed by atoms with E-state index in [2.05, 4.69) is 15.9 Å². The van der Waals surface area contributed by atoms with Crippen LogP contribution in [0, 0.1) is 0 Å². The minimum atomic E-state index is 0.0985. The van der Waals surface area contributed by atoms with E-state index in [1.54, 1.807) is 6.92 Å². The fourth-order valence-electron chi connectivity index (χ4n) is 1.36. The van der Waals surface area contributed by atoms with E-state index in [9.17, 15) is 4.79 Å². The number of rotatable bonds is 2. The van der Waals surface area contributed by atoms with Crippen LogP contribution >= 0.6 is 38.9 Å². The number of Topliss-reactive ketones (excluding diaryl/α,β-unsaturated/α-hetero) is 1. The van der Waals surface area contributed by atoms with Crippen LogP contribution in [0.4, 0.5) is 0 Å². The van der Waals surface area contributed by atoms with Gasteiger partial charge in [-0.3, -0.25) is 4.79 Å². The van der Waals surface area contributed by atoms with Crippen LogP contribution in [0.2, 0.25) is 5.02 Å². The fourth-order valence-corrected chi connectivity index (χ4v) is 3.33. The molecule has 16 heavy (non-hydrogen) atoms. The lowest BCUT2D eigenvalue weighted by Crippen LogP contribution is -1.83. The molecule has 0 amide bonds. The van der Waals surface area contributed by atoms with Crippen LogP contribution in [0.1, 0.15) is 16.6 Å². The highest BCUT2D eigenvalue weighted by atomic mass is 79.9. The first-order valence-electron chi connectivity index (χ1n) is 4.64. The van der Waals surface area contributed by atoms with Gasteiger partial charge in [-0.05, 0) is 31.2 Å². The summed E-state index contributed by atoms with van der Waals surface area (Å²) in [6.45, 7) is 1.58. The van der Waals surface area contributed by atoms with E-state index in [0.29, 0.717) is 5.02 Å². The zero-order chi connectivity index (χ0) is 11.7. The molecule has 0 bridgehead atoms. The first-order chi connectivity index (χ1) is 7.58. The van der Waals surface area contributed by atoms with Crippen molar-refractivity contribution in [2.45, 2.75) is 6.92 Å². The Kier molecular flexibility index (Phi) is 3.47. The van der Waals surface area contributed by atoms with Crippen LogP contribution in [-0.4, -0.2) is 5.78 Å². The Balaban J connectivity index is 2.46. The predicted octanol–water partition coefficient (Wildman–Crippen LogP) is 5.03. The van der Waals surface area contributed by atoms with Crippen molar-refractivity contribution in [3.63, 3.8) is 0 Å². The number of ketones is 1. The normalized spacial score (nSPS) is 10.4. The molecule has 1 aromatic carbocycles. The van der Waals surface area contributed by atoms with E-state index in [1.165, 1.54) is 11.3 Å². The third-order valence-electron chi connectivity index (χ3n) is 2.15. The van der Waals surface area contributed by atoms with Crippen molar-refractivity contribution in [1.82, 2.24) is 0 Å². The summed E-state index contributed by atoms with van der Waals surface area (Å²) >= 11 is 10.8. The van der Waals surface area contributed by atoms with E-state index in [1.807, 2.05) is 30.3 Å². The molecule has 1 nitrogen and oxygen atoms in total. The van der Waals surface area contributed by atoms with Crippen molar-refractivity contribution in [2.75, 3.05) is 0 Å². The quantitative estimate of drug-likeness (QED) is 0.710. The number of carbonyl (C=O) groups excluding carboxylic acids is 1. The van der Waals surface area contributed by atoms with Gasteiger partial charge in [-0.1, -0.05) is 33.6 Å². The lowest BCUT2D eigenvalue weighted by Gasteiger charge is -2.01. The van der Waals surface area contributed by atoms with Crippen LogP contribution in [0.3, 0.4) is 0 Å². The standard InChI is InChI=1S/C12H8BrClOS/c1-7(15)11-4-5-12(16-11)9-3-2-8(14)6-10(9)13/h2-6H,1H3. The number of hydrogen-bond acceptors (Lipinski definition) is 2. The lowest BCUT2D eigenvalue weighted by molar-refractivity contribution is 0.102. The molecule has 0 aliphatic carbocycles. The van der Waals surface area contributed by atoms with Gasteiger partial charge in [0.25, 0.3) is 0 Å². The maximum absolute atomic E-state index is 11.2. The zero-order valence-electron chi connectivity index (χ0n) is 8.46. The topological polar surface area (TPSA) is 17.1 Å². The average Bonchev–Trinajstić information content (AvgIpc) is 2.66. The van der Waals surface area contributed by atoms with Crippen LogP contribution in [0.15, 0.2) is 34.8 Å². The highest BCUT2D eigenvalue weighted by Crippen LogP contribution is 2.35. The van der Waals surface area contributed by atoms with Gasteiger partial charge >= 0.3 is 0 Å². The second-order valence-electron chi connectivity index (χ2n) is 3.34. The van der Waals surface area contributed by atoms with E-state index in [-0.39, 0.29) is 5.78 Å². The molecule has 0 saturated carbocycles. The summed E-state index contributed by atoms with van der Waals surface area (Å²) in [6, 6.07) is 9.44. The number of halogens is 2. The Labute approximate surface area is 111 Å². The van der Waals surface area contributed by atoms with Gasteiger partial charge in [0.2, 0.25) is 0 Å². The molecule has 0 aliphatic heterocycles. The van der Waals surface area contributed by atoms with Crippen molar-refractivity contribution < 1.29 is 4.79 Å². The molecule has 0 saturated heterocycles. The number of carbonyl (C=O) groups is 1. The second-order valence-corrected chi connectivity index (χ2v) is 5.72. The molecule has 1 aromatic heterocycles. The largest absolute Gasteiger partial charge is 0.294 e. The van der Waals surface area contributed by atoms with E-state index in [0.717, 1.165) is 19.8 Å². The summed E-state index contributed by atoms with van der Waals surface area (Å²) in [7, 11) is 0. The third kappa shape index (κ3) is 2.37. The second kappa shape index (κ2) is 4.70. The lowest BCUT2D eigenvalue weighted by atomic mass is 10.2. The van der Waals surface area contributed by atoms with Crippen LogP contribution in [0.5, 0.6) is 0 Å². The van der Waals surface area contributed by atoms with Gasteiger partial charge < -0.3 is 0 Å². The Morgan fingerprint density at radius 3 is 2.62 bits per heavy atom. The summed E-state index contributed by atoms with van der Waals surface area (Å²) in [5, 5.41) is 0.693. The molecule has 2 aromatic rings. The molecular formula is C12H8BrClOS. The monoisotopic (exact) mass is 314 g/mol. The van der Waals surface area contributed by atoms with E-state index in [4.69, 9.17) is 11.6 Å². The van der Waals surface area contributed by atoms with E-state index < -0.39 is 0 Å². The van der Waals surface area contributed by atoms with Crippen molar-refractivity contribution >= 4 is 44.7 Å². The van der Waals surface area contributed by atoms with Crippen molar-refractivity contribution in [2.24, 2.45) is 0 Å². The third-order valence-corrected chi connectivity index (χ3v) is 4.26. The highest BCUT2D eigenvalue weighted by Gasteiger charge is 2.09. The Bertz CT molecular complexity index is 548. The van der Waals surface area contributed by atoms with Crippen molar-refractivity contribution in [3.8, 4) is 10.4 Å². The first-order valence-corrected chi connectivity index (χ1v) is 6.63. The fraction of sp³-hybridized carbons (Fsp3) is 0.0833. The van der Waals surface area contributed by atoms with E-state index >= 15 is 0 Å².